The second-order valence-electron chi connectivity index (χ2n) is 6.92. The molecule has 0 bridgehead atoms. The van der Waals surface area contributed by atoms with Gasteiger partial charge in [-0.1, -0.05) is 42.3 Å². The molecule has 6 nitrogen and oxygen atoms in total. The Hall–Kier alpha value is -1.88. The maximum Gasteiger partial charge on any atom is 0.289 e. The number of anilines is 1. The minimum atomic E-state index is -3.93. The van der Waals surface area contributed by atoms with Crippen molar-refractivity contribution in [1.82, 2.24) is 4.72 Å². The summed E-state index contributed by atoms with van der Waals surface area (Å²) in [6.45, 7) is 0. The average molecular weight is 491 g/mol. The summed E-state index contributed by atoms with van der Waals surface area (Å²) in [4.78, 5) is 12.6. The summed E-state index contributed by atoms with van der Waals surface area (Å²) in [5, 5.41) is 2.60. The molecular weight excluding hydrogens is 470 g/mol. The largest absolute Gasteiger partial charge is 0.495 e. The monoisotopic (exact) mass is 490 g/mol. The van der Waals surface area contributed by atoms with Gasteiger partial charge in [0, 0.05) is 11.6 Å². The zero-order valence-corrected chi connectivity index (χ0v) is 18.9. The fraction of sp³-hybridized carbons (Fsp3) is 0.350. The van der Waals surface area contributed by atoms with Crippen molar-refractivity contribution in [3.05, 3.63) is 47.0 Å². The van der Waals surface area contributed by atoms with E-state index in [1.165, 1.54) is 43.5 Å². The van der Waals surface area contributed by atoms with Crippen molar-refractivity contribution < 1.29 is 26.7 Å². The molecule has 1 fully saturated rings. The molecule has 0 atom stereocenters. The molecule has 2 aromatic rings. The van der Waals surface area contributed by atoms with E-state index in [9.17, 15) is 22.0 Å². The number of sulfonamides is 1. The molecule has 3 rings (SSSR count). The van der Waals surface area contributed by atoms with E-state index in [1.54, 1.807) is 0 Å². The lowest BCUT2D eigenvalue weighted by Gasteiger charge is -2.16. The summed E-state index contributed by atoms with van der Waals surface area (Å²) >= 11 is 6.21. The Bertz CT molecular complexity index is 1060. The summed E-state index contributed by atoms with van der Waals surface area (Å²) in [5.41, 5.74) is 0.132. The number of carbonyl (C=O) groups is 1. The van der Waals surface area contributed by atoms with E-state index in [-0.39, 0.29) is 49.6 Å². The highest BCUT2D eigenvalue weighted by Crippen LogP contribution is 2.38. The Morgan fingerprint density at radius 2 is 1.94 bits per heavy atom. The van der Waals surface area contributed by atoms with E-state index in [1.807, 2.05) is 0 Å². The molecule has 1 amide bonds. The molecule has 1 aliphatic carbocycles. The Morgan fingerprint density at radius 1 is 1.23 bits per heavy atom. The van der Waals surface area contributed by atoms with Crippen LogP contribution in [0.5, 0.6) is 5.75 Å². The molecule has 0 saturated heterocycles. The first kappa shape index (κ1) is 23.8. The van der Waals surface area contributed by atoms with Crippen molar-refractivity contribution in [2.24, 2.45) is 0 Å². The Kier molecular flexibility index (Phi) is 7.79. The lowest BCUT2D eigenvalue weighted by atomic mass is 10.2. The number of amides is 1. The number of methoxy groups -OCH3 is 1. The normalized spacial score (nSPS) is 14.7. The smallest absolute Gasteiger partial charge is 0.289 e. The van der Waals surface area contributed by atoms with Gasteiger partial charge in [0.2, 0.25) is 10.0 Å². The van der Waals surface area contributed by atoms with Crippen LogP contribution in [0.2, 0.25) is 5.02 Å². The predicted molar refractivity (Wildman–Crippen MR) is 117 cm³/mol. The van der Waals surface area contributed by atoms with E-state index in [0.29, 0.717) is 0 Å². The number of alkyl halides is 2. The van der Waals surface area contributed by atoms with E-state index in [4.69, 9.17) is 16.3 Å². The fourth-order valence-electron chi connectivity index (χ4n) is 3.37. The van der Waals surface area contributed by atoms with Crippen molar-refractivity contribution in [3.8, 4) is 5.75 Å². The van der Waals surface area contributed by atoms with E-state index < -0.39 is 21.7 Å². The van der Waals surface area contributed by atoms with Crippen molar-refractivity contribution >= 4 is 45.0 Å². The molecular formula is C20H21ClF2N2O4S2. The van der Waals surface area contributed by atoms with Crippen LogP contribution < -0.4 is 14.8 Å². The maximum absolute atomic E-state index is 12.9. The van der Waals surface area contributed by atoms with Crippen LogP contribution in [0.25, 0.3) is 0 Å². The first-order chi connectivity index (χ1) is 14.7. The lowest BCUT2D eigenvalue weighted by molar-refractivity contribution is 0.102. The van der Waals surface area contributed by atoms with Gasteiger partial charge >= 0.3 is 0 Å². The van der Waals surface area contributed by atoms with Gasteiger partial charge in [0.15, 0.2) is 0 Å². The number of benzene rings is 2. The van der Waals surface area contributed by atoms with Gasteiger partial charge in [-0.2, -0.15) is 8.78 Å². The van der Waals surface area contributed by atoms with Crippen LogP contribution in [0.1, 0.15) is 36.0 Å². The number of hydrogen-bond donors (Lipinski definition) is 2. The lowest BCUT2D eigenvalue weighted by Crippen LogP contribution is -2.33. The predicted octanol–water partition coefficient (Wildman–Crippen LogP) is 5.14. The molecule has 0 heterocycles. The van der Waals surface area contributed by atoms with Gasteiger partial charge < -0.3 is 10.1 Å². The average Bonchev–Trinajstić information content (AvgIpc) is 3.22. The van der Waals surface area contributed by atoms with Gasteiger partial charge in [0.1, 0.15) is 10.6 Å². The highest BCUT2D eigenvalue weighted by atomic mass is 35.5. The molecule has 31 heavy (non-hydrogen) atoms. The zero-order chi connectivity index (χ0) is 22.6. The molecule has 0 radical (unpaired) electrons. The van der Waals surface area contributed by atoms with E-state index >= 15 is 0 Å². The van der Waals surface area contributed by atoms with Gasteiger partial charge in [-0.3, -0.25) is 4.79 Å². The van der Waals surface area contributed by atoms with Crippen molar-refractivity contribution in [3.63, 3.8) is 0 Å². The molecule has 0 aliphatic heterocycles. The van der Waals surface area contributed by atoms with Gasteiger partial charge in [0.25, 0.3) is 11.7 Å². The summed E-state index contributed by atoms with van der Waals surface area (Å²) in [6.07, 6.45) is 3.40. The second kappa shape index (κ2) is 10.2. The second-order valence-corrected chi connectivity index (χ2v) is 10.0. The number of ether oxygens (including phenoxy) is 1. The number of carbonyl (C=O) groups excluding carboxylic acids is 1. The molecule has 2 aromatic carbocycles. The number of nitrogens with one attached hydrogen (secondary N) is 2. The van der Waals surface area contributed by atoms with Crippen molar-refractivity contribution in [2.75, 3.05) is 12.4 Å². The van der Waals surface area contributed by atoms with Gasteiger partial charge in [-0.25, -0.2) is 13.1 Å². The van der Waals surface area contributed by atoms with Crippen molar-refractivity contribution in [1.29, 1.82) is 0 Å². The first-order valence-corrected chi connectivity index (χ1v) is 12.2. The van der Waals surface area contributed by atoms with Crippen LogP contribution in [-0.2, 0) is 10.0 Å². The number of thioether (sulfide) groups is 1. The van der Waals surface area contributed by atoms with Crippen molar-refractivity contribution in [2.45, 2.75) is 47.3 Å². The SMILES string of the molecule is COc1ccc(C(=O)Nc2cccc(Cl)c2SC(F)F)cc1S(=O)(=O)NC1CCCC1. The van der Waals surface area contributed by atoms with Crippen LogP contribution in [0.15, 0.2) is 46.2 Å². The summed E-state index contributed by atoms with van der Waals surface area (Å²) in [5.74, 6) is -3.30. The summed E-state index contributed by atoms with van der Waals surface area (Å²) in [7, 11) is -2.59. The molecule has 0 unspecified atom stereocenters. The molecule has 1 aliphatic rings. The van der Waals surface area contributed by atoms with Crippen LogP contribution in [0.4, 0.5) is 14.5 Å². The third-order valence-electron chi connectivity index (χ3n) is 4.81. The summed E-state index contributed by atoms with van der Waals surface area (Å²) in [6, 6.07) is 8.22. The standard InChI is InChI=1S/C20H21ClF2N2O4S2/c1-29-16-10-9-12(11-17(16)31(27,28)25-13-5-2-3-6-13)19(26)24-15-8-4-7-14(21)18(15)30-20(22)23/h4,7-11,13,20,25H,2-3,5-6H2,1H3,(H,24,26). The molecule has 0 aromatic heterocycles. The quantitative estimate of drug-likeness (QED) is 0.501. The van der Waals surface area contributed by atoms with E-state index in [2.05, 4.69) is 10.0 Å². The van der Waals surface area contributed by atoms with Crippen LogP contribution >= 0.6 is 23.4 Å². The number of rotatable bonds is 8. The number of halogens is 3. The zero-order valence-electron chi connectivity index (χ0n) is 16.5. The fourth-order valence-corrected chi connectivity index (χ4v) is 5.78. The van der Waals surface area contributed by atoms with Crippen LogP contribution in [0, 0.1) is 0 Å². The Balaban J connectivity index is 1.89. The van der Waals surface area contributed by atoms with Crippen LogP contribution in [-0.4, -0.2) is 33.2 Å². The molecule has 2 N–H and O–H groups in total. The van der Waals surface area contributed by atoms with Gasteiger partial charge in [-0.15, -0.1) is 0 Å². The molecule has 0 spiro atoms. The Labute approximate surface area is 188 Å². The van der Waals surface area contributed by atoms with Gasteiger partial charge in [0.05, 0.1) is 22.7 Å². The number of hydrogen-bond acceptors (Lipinski definition) is 5. The minimum absolute atomic E-state index is 0.0248. The molecule has 11 heteroatoms. The minimum Gasteiger partial charge on any atom is -0.495 e. The highest BCUT2D eigenvalue weighted by Gasteiger charge is 2.27. The summed E-state index contributed by atoms with van der Waals surface area (Å²) < 4.78 is 59.4. The van der Waals surface area contributed by atoms with Gasteiger partial charge in [-0.05, 0) is 43.2 Å². The third kappa shape index (κ3) is 5.88. The van der Waals surface area contributed by atoms with E-state index in [0.717, 1.165) is 25.7 Å². The van der Waals surface area contributed by atoms with Crippen LogP contribution in [0.3, 0.4) is 0 Å². The first-order valence-electron chi connectivity index (χ1n) is 9.46. The Morgan fingerprint density at radius 3 is 2.58 bits per heavy atom. The topological polar surface area (TPSA) is 84.5 Å². The molecule has 1 saturated carbocycles. The third-order valence-corrected chi connectivity index (χ3v) is 7.64. The molecule has 168 valence electrons. The highest BCUT2D eigenvalue weighted by molar-refractivity contribution is 7.99. The maximum atomic E-state index is 12.9.